The van der Waals surface area contributed by atoms with E-state index in [1.807, 2.05) is 24.3 Å². The zero-order chi connectivity index (χ0) is 22.4. The van der Waals surface area contributed by atoms with Crippen LogP contribution >= 0.6 is 0 Å². The van der Waals surface area contributed by atoms with E-state index in [1.165, 1.54) is 0 Å². The molecule has 2 aliphatic carbocycles. The summed E-state index contributed by atoms with van der Waals surface area (Å²) in [6.45, 7) is 2.80. The number of aliphatic carboxylic acids is 1. The molecule has 0 spiro atoms. The molecular formula is C25H26N2O5. The second-order valence-corrected chi connectivity index (χ2v) is 8.96. The van der Waals surface area contributed by atoms with Gasteiger partial charge in [-0.1, -0.05) is 48.5 Å². The van der Waals surface area contributed by atoms with Crippen LogP contribution in [0.5, 0.6) is 0 Å². The van der Waals surface area contributed by atoms with Crippen molar-refractivity contribution in [2.75, 3.05) is 19.7 Å². The molecule has 32 heavy (non-hydrogen) atoms. The van der Waals surface area contributed by atoms with E-state index in [0.717, 1.165) is 22.3 Å². The average Bonchev–Trinajstić information content (AvgIpc) is 3.44. The number of benzene rings is 2. The van der Waals surface area contributed by atoms with Gasteiger partial charge in [-0.2, -0.15) is 0 Å². The van der Waals surface area contributed by atoms with E-state index in [1.54, 1.807) is 11.8 Å². The van der Waals surface area contributed by atoms with Crippen molar-refractivity contribution in [1.29, 1.82) is 0 Å². The minimum atomic E-state index is -0.779. The maximum Gasteiger partial charge on any atom is 0.407 e. The van der Waals surface area contributed by atoms with Crippen LogP contribution in [0.15, 0.2) is 48.5 Å². The largest absolute Gasteiger partial charge is 0.481 e. The van der Waals surface area contributed by atoms with Crippen molar-refractivity contribution in [3.05, 3.63) is 59.7 Å². The number of alkyl carbamates (subject to hydrolysis) is 1. The lowest BCUT2D eigenvalue weighted by atomic mass is 9.98. The number of ether oxygens (including phenoxy) is 1. The molecule has 5 rings (SSSR count). The van der Waals surface area contributed by atoms with Crippen molar-refractivity contribution in [2.45, 2.75) is 25.3 Å². The number of carboxylic acid groups (broad SMARTS) is 1. The average molecular weight is 434 g/mol. The number of carbonyl (C=O) groups is 3. The number of carbonyl (C=O) groups excluding carboxylic acids is 2. The van der Waals surface area contributed by atoms with Gasteiger partial charge in [0.25, 0.3) is 0 Å². The number of fused-ring (bicyclic) bond motifs is 4. The standard InChI is InChI=1S/C25H26N2O5/c1-14(23(28)27-11-10-19-20(12-27)22(19)24(29)30)26-25(31)32-13-21-17-8-4-2-6-15(17)16-7-3-5-9-18(16)21/h2-9,14,19-22H,10-13H2,1H3,(H,26,31)(H,29,30)/t14?,19-,20+,22?/m0/s1. The molecule has 2 N–H and O–H groups in total. The van der Waals surface area contributed by atoms with Gasteiger partial charge in [0.15, 0.2) is 0 Å². The highest BCUT2D eigenvalue weighted by Gasteiger charge is 2.57. The van der Waals surface area contributed by atoms with Crippen molar-refractivity contribution < 1.29 is 24.2 Å². The molecule has 2 amide bonds. The monoisotopic (exact) mass is 434 g/mol. The molecule has 2 aromatic rings. The molecule has 166 valence electrons. The number of rotatable bonds is 5. The second-order valence-electron chi connectivity index (χ2n) is 8.96. The zero-order valence-corrected chi connectivity index (χ0v) is 17.9. The maximum atomic E-state index is 12.8. The van der Waals surface area contributed by atoms with Crippen LogP contribution in [0.3, 0.4) is 0 Å². The number of carboxylic acids is 1. The Morgan fingerprint density at radius 1 is 1.06 bits per heavy atom. The summed E-state index contributed by atoms with van der Waals surface area (Å²) >= 11 is 0. The predicted octanol–water partition coefficient (Wildman–Crippen LogP) is 3.09. The normalized spacial score (nSPS) is 24.0. The van der Waals surface area contributed by atoms with Gasteiger partial charge < -0.3 is 20.1 Å². The predicted molar refractivity (Wildman–Crippen MR) is 117 cm³/mol. The summed E-state index contributed by atoms with van der Waals surface area (Å²) in [7, 11) is 0. The van der Waals surface area contributed by atoms with Crippen LogP contribution in [-0.4, -0.2) is 53.7 Å². The molecular weight excluding hydrogens is 408 g/mol. The fourth-order valence-electron chi connectivity index (χ4n) is 5.46. The van der Waals surface area contributed by atoms with Crippen molar-refractivity contribution in [3.8, 4) is 11.1 Å². The molecule has 1 saturated heterocycles. The molecule has 4 atom stereocenters. The minimum absolute atomic E-state index is 0.0341. The molecule has 0 radical (unpaired) electrons. The van der Waals surface area contributed by atoms with Crippen LogP contribution in [-0.2, 0) is 14.3 Å². The molecule has 1 heterocycles. The smallest absolute Gasteiger partial charge is 0.407 e. The van der Waals surface area contributed by atoms with Crippen molar-refractivity contribution >= 4 is 18.0 Å². The number of likely N-dealkylation sites (tertiary alicyclic amines) is 1. The molecule has 7 heteroatoms. The van der Waals surface area contributed by atoms with E-state index in [0.29, 0.717) is 19.5 Å². The molecule has 2 unspecified atom stereocenters. The quantitative estimate of drug-likeness (QED) is 0.754. The van der Waals surface area contributed by atoms with E-state index in [4.69, 9.17) is 4.74 Å². The second kappa shape index (κ2) is 7.97. The lowest BCUT2D eigenvalue weighted by Crippen LogP contribution is -2.49. The minimum Gasteiger partial charge on any atom is -0.481 e. The van der Waals surface area contributed by atoms with Gasteiger partial charge in [-0.15, -0.1) is 0 Å². The summed E-state index contributed by atoms with van der Waals surface area (Å²) in [6.07, 6.45) is 0.0721. The van der Waals surface area contributed by atoms with E-state index in [-0.39, 0.29) is 36.2 Å². The van der Waals surface area contributed by atoms with Crippen LogP contribution in [0, 0.1) is 17.8 Å². The Kier molecular flexibility index (Phi) is 5.12. The number of nitrogens with zero attached hydrogens (tertiary/aromatic N) is 1. The summed E-state index contributed by atoms with van der Waals surface area (Å²) in [5.41, 5.74) is 4.57. The van der Waals surface area contributed by atoms with E-state index in [2.05, 4.69) is 29.6 Å². The molecule has 0 aromatic heterocycles. The highest BCUT2D eigenvalue weighted by Crippen LogP contribution is 2.51. The first-order valence-electron chi connectivity index (χ1n) is 11.1. The van der Waals surface area contributed by atoms with Crippen LogP contribution in [0.2, 0.25) is 0 Å². The Balaban J connectivity index is 1.17. The van der Waals surface area contributed by atoms with Crippen LogP contribution in [0.1, 0.15) is 30.4 Å². The summed E-state index contributed by atoms with van der Waals surface area (Å²) < 4.78 is 5.53. The fourth-order valence-corrected chi connectivity index (χ4v) is 5.46. The van der Waals surface area contributed by atoms with Crippen molar-refractivity contribution in [1.82, 2.24) is 10.2 Å². The SMILES string of the molecule is CC(NC(=O)OCC1c2ccccc2-c2ccccc21)C(=O)N1CC[C@@H]2C(C(=O)O)[C@@H]2C1. The van der Waals surface area contributed by atoms with E-state index in [9.17, 15) is 19.5 Å². The van der Waals surface area contributed by atoms with E-state index < -0.39 is 18.1 Å². The van der Waals surface area contributed by atoms with Crippen LogP contribution < -0.4 is 5.32 Å². The zero-order valence-electron chi connectivity index (χ0n) is 17.9. The molecule has 0 bridgehead atoms. The number of piperidine rings is 1. The lowest BCUT2D eigenvalue weighted by Gasteiger charge is -2.29. The molecule has 7 nitrogen and oxygen atoms in total. The van der Waals surface area contributed by atoms with Gasteiger partial charge in [0.05, 0.1) is 5.92 Å². The van der Waals surface area contributed by atoms with Gasteiger partial charge in [-0.05, 0) is 47.4 Å². The summed E-state index contributed by atoms with van der Waals surface area (Å²) in [5.74, 6) is -1.14. The number of amides is 2. The fraction of sp³-hybridized carbons (Fsp3) is 0.400. The third kappa shape index (κ3) is 3.51. The molecule has 1 aliphatic heterocycles. The Hall–Kier alpha value is -3.35. The first kappa shape index (κ1) is 20.5. The molecule has 2 fully saturated rings. The summed E-state index contributed by atoms with van der Waals surface area (Å²) in [4.78, 5) is 38.1. The molecule has 3 aliphatic rings. The summed E-state index contributed by atoms with van der Waals surface area (Å²) in [5, 5.41) is 11.9. The first-order valence-corrected chi connectivity index (χ1v) is 11.1. The number of nitrogens with one attached hydrogen (secondary N) is 1. The summed E-state index contributed by atoms with van der Waals surface area (Å²) in [6, 6.07) is 15.5. The van der Waals surface area contributed by atoms with E-state index >= 15 is 0 Å². The Morgan fingerprint density at radius 3 is 2.31 bits per heavy atom. The topological polar surface area (TPSA) is 95.9 Å². The van der Waals surface area contributed by atoms with Gasteiger partial charge in [-0.25, -0.2) is 4.79 Å². The third-order valence-corrected chi connectivity index (χ3v) is 7.14. The van der Waals surface area contributed by atoms with Crippen LogP contribution in [0.25, 0.3) is 11.1 Å². The van der Waals surface area contributed by atoms with Gasteiger partial charge in [0.2, 0.25) is 5.91 Å². The first-order chi connectivity index (χ1) is 15.5. The number of hydrogen-bond donors (Lipinski definition) is 2. The Bertz CT molecular complexity index is 1040. The highest BCUT2D eigenvalue weighted by atomic mass is 16.5. The Labute approximate surface area is 186 Å². The van der Waals surface area contributed by atoms with Gasteiger partial charge >= 0.3 is 12.1 Å². The van der Waals surface area contributed by atoms with Crippen LogP contribution in [0.4, 0.5) is 4.79 Å². The lowest BCUT2D eigenvalue weighted by molar-refractivity contribution is -0.139. The van der Waals surface area contributed by atoms with Gasteiger partial charge in [0.1, 0.15) is 12.6 Å². The number of hydrogen-bond acceptors (Lipinski definition) is 4. The highest BCUT2D eigenvalue weighted by molar-refractivity contribution is 5.86. The Morgan fingerprint density at radius 2 is 1.69 bits per heavy atom. The van der Waals surface area contributed by atoms with Crippen molar-refractivity contribution in [3.63, 3.8) is 0 Å². The van der Waals surface area contributed by atoms with Gasteiger partial charge in [-0.3, -0.25) is 9.59 Å². The maximum absolute atomic E-state index is 12.8. The van der Waals surface area contributed by atoms with Gasteiger partial charge in [0, 0.05) is 19.0 Å². The van der Waals surface area contributed by atoms with Crippen molar-refractivity contribution in [2.24, 2.45) is 17.8 Å². The molecule has 1 saturated carbocycles. The third-order valence-electron chi connectivity index (χ3n) is 7.14. The molecule has 2 aromatic carbocycles.